The molecule has 0 radical (unpaired) electrons. The van der Waals surface area contributed by atoms with Crippen LogP contribution in [0.2, 0.25) is 0 Å². The van der Waals surface area contributed by atoms with E-state index in [0.717, 1.165) is 46.0 Å². The second kappa shape index (κ2) is 6.14. The molecule has 3 heterocycles. The second-order valence-corrected chi connectivity index (χ2v) is 8.56. The molecule has 2 N–H and O–H groups in total. The highest BCUT2D eigenvalue weighted by Crippen LogP contribution is 2.36. The molecule has 0 aromatic carbocycles. The van der Waals surface area contributed by atoms with Gasteiger partial charge in [0.05, 0.1) is 22.7 Å². The van der Waals surface area contributed by atoms with Crippen molar-refractivity contribution in [2.75, 3.05) is 5.32 Å². The Kier molecular flexibility index (Phi) is 3.97. The van der Waals surface area contributed by atoms with Crippen molar-refractivity contribution in [3.8, 4) is 10.6 Å². The van der Waals surface area contributed by atoms with E-state index in [1.54, 1.807) is 17.5 Å². The number of aromatic amines is 1. The lowest BCUT2D eigenvalue weighted by Crippen LogP contribution is -2.24. The smallest absolute Gasteiger partial charge is 0.233 e. The highest BCUT2D eigenvalue weighted by molar-refractivity contribution is 7.18. The number of rotatable bonds is 3. The van der Waals surface area contributed by atoms with Gasteiger partial charge < -0.3 is 5.32 Å². The normalized spacial score (nSPS) is 16.8. The van der Waals surface area contributed by atoms with Crippen molar-refractivity contribution in [1.82, 2.24) is 15.2 Å². The molecule has 124 valence electrons. The highest BCUT2D eigenvalue weighted by Gasteiger charge is 2.28. The standard InChI is InChI=1S/C17H18N4OS2/c1-9-6-7-14(23-9)15-10(2)24-17(19-15)20-16(22)11-4-3-5-13-12(11)8-18-21-13/h6-8,11H,3-5H2,1-2H3,(H,18,21)(H,19,20,22). The van der Waals surface area contributed by atoms with Gasteiger partial charge in [-0.1, -0.05) is 0 Å². The van der Waals surface area contributed by atoms with E-state index in [1.165, 1.54) is 16.2 Å². The van der Waals surface area contributed by atoms with Crippen molar-refractivity contribution in [1.29, 1.82) is 0 Å². The Labute approximate surface area is 148 Å². The van der Waals surface area contributed by atoms with Crippen LogP contribution in [-0.2, 0) is 11.2 Å². The lowest BCUT2D eigenvalue weighted by atomic mass is 9.86. The van der Waals surface area contributed by atoms with Crippen LogP contribution in [0, 0.1) is 13.8 Å². The molecule has 3 aromatic heterocycles. The predicted molar refractivity (Wildman–Crippen MR) is 97.8 cm³/mol. The van der Waals surface area contributed by atoms with Gasteiger partial charge in [0.25, 0.3) is 0 Å². The van der Waals surface area contributed by atoms with Crippen molar-refractivity contribution < 1.29 is 4.79 Å². The Morgan fingerprint density at radius 3 is 3.00 bits per heavy atom. The molecule has 4 rings (SSSR count). The number of amides is 1. The quantitative estimate of drug-likeness (QED) is 0.734. The number of carbonyl (C=O) groups is 1. The Hall–Kier alpha value is -1.99. The maximum Gasteiger partial charge on any atom is 0.233 e. The van der Waals surface area contributed by atoms with Gasteiger partial charge in [0.15, 0.2) is 5.13 Å². The van der Waals surface area contributed by atoms with Crippen LogP contribution in [0.5, 0.6) is 0 Å². The largest absolute Gasteiger partial charge is 0.301 e. The van der Waals surface area contributed by atoms with Crippen LogP contribution < -0.4 is 5.32 Å². The third-order valence-electron chi connectivity index (χ3n) is 4.36. The van der Waals surface area contributed by atoms with E-state index in [-0.39, 0.29) is 11.8 Å². The summed E-state index contributed by atoms with van der Waals surface area (Å²) in [4.78, 5) is 20.9. The molecule has 3 aromatic rings. The monoisotopic (exact) mass is 358 g/mol. The van der Waals surface area contributed by atoms with Gasteiger partial charge in [-0.05, 0) is 45.2 Å². The maximum absolute atomic E-state index is 12.7. The van der Waals surface area contributed by atoms with Crippen molar-refractivity contribution in [3.05, 3.63) is 39.3 Å². The number of thiophene rings is 1. The van der Waals surface area contributed by atoms with Crippen LogP contribution in [0.4, 0.5) is 5.13 Å². The number of H-pyrrole nitrogens is 1. The fourth-order valence-corrected chi connectivity index (χ4v) is 4.98. The van der Waals surface area contributed by atoms with E-state index in [1.807, 2.05) is 6.92 Å². The molecule has 7 heteroatoms. The van der Waals surface area contributed by atoms with Gasteiger partial charge in [-0.2, -0.15) is 5.10 Å². The van der Waals surface area contributed by atoms with Crippen LogP contribution in [-0.4, -0.2) is 21.1 Å². The van der Waals surface area contributed by atoms with E-state index in [4.69, 9.17) is 0 Å². The van der Waals surface area contributed by atoms with Gasteiger partial charge in [-0.3, -0.25) is 9.89 Å². The summed E-state index contributed by atoms with van der Waals surface area (Å²) < 4.78 is 0. The van der Waals surface area contributed by atoms with Crippen LogP contribution in [0.3, 0.4) is 0 Å². The van der Waals surface area contributed by atoms with Crippen LogP contribution in [0.15, 0.2) is 18.3 Å². The number of hydrogen-bond donors (Lipinski definition) is 2. The first-order chi connectivity index (χ1) is 11.6. The number of anilines is 1. The molecule has 1 unspecified atom stereocenters. The second-order valence-electron chi connectivity index (χ2n) is 6.07. The minimum Gasteiger partial charge on any atom is -0.301 e. The molecule has 5 nitrogen and oxygen atoms in total. The molecule has 0 aliphatic heterocycles. The van der Waals surface area contributed by atoms with Crippen molar-refractivity contribution in [2.45, 2.75) is 39.0 Å². The van der Waals surface area contributed by atoms with Crippen LogP contribution in [0.25, 0.3) is 10.6 Å². The Morgan fingerprint density at radius 2 is 2.21 bits per heavy atom. The first-order valence-electron chi connectivity index (χ1n) is 7.99. The van der Waals surface area contributed by atoms with E-state index in [0.29, 0.717) is 5.13 Å². The summed E-state index contributed by atoms with van der Waals surface area (Å²) in [7, 11) is 0. The average Bonchev–Trinajstić information content (AvgIpc) is 3.26. The molecule has 0 saturated carbocycles. The molecule has 0 bridgehead atoms. The summed E-state index contributed by atoms with van der Waals surface area (Å²) in [6.45, 7) is 4.14. The Morgan fingerprint density at radius 1 is 1.33 bits per heavy atom. The summed E-state index contributed by atoms with van der Waals surface area (Å²) in [6.07, 6.45) is 4.62. The highest BCUT2D eigenvalue weighted by atomic mass is 32.1. The van der Waals surface area contributed by atoms with E-state index < -0.39 is 0 Å². The topological polar surface area (TPSA) is 70.7 Å². The minimum atomic E-state index is -0.135. The first kappa shape index (κ1) is 15.5. The van der Waals surface area contributed by atoms with E-state index >= 15 is 0 Å². The zero-order valence-electron chi connectivity index (χ0n) is 13.5. The van der Waals surface area contributed by atoms with Gasteiger partial charge in [0.1, 0.15) is 0 Å². The van der Waals surface area contributed by atoms with Gasteiger partial charge in [-0.15, -0.1) is 22.7 Å². The Bertz CT molecular complexity index is 892. The number of carbonyl (C=O) groups excluding carboxylic acids is 1. The summed E-state index contributed by atoms with van der Waals surface area (Å²) in [5.41, 5.74) is 3.09. The molecule has 1 atom stereocenters. The number of thiazole rings is 1. The van der Waals surface area contributed by atoms with Crippen molar-refractivity contribution in [3.63, 3.8) is 0 Å². The Balaban J connectivity index is 1.55. The summed E-state index contributed by atoms with van der Waals surface area (Å²) in [5, 5.41) is 10.8. The number of nitrogens with zero attached hydrogens (tertiary/aromatic N) is 2. The lowest BCUT2D eigenvalue weighted by Gasteiger charge is -2.20. The average molecular weight is 358 g/mol. The first-order valence-corrected chi connectivity index (χ1v) is 9.62. The van der Waals surface area contributed by atoms with Crippen molar-refractivity contribution >= 4 is 33.7 Å². The molecule has 1 aliphatic carbocycles. The minimum absolute atomic E-state index is 0.0139. The van der Waals surface area contributed by atoms with E-state index in [2.05, 4.69) is 39.6 Å². The number of hydrogen-bond acceptors (Lipinski definition) is 5. The van der Waals surface area contributed by atoms with Crippen molar-refractivity contribution in [2.24, 2.45) is 0 Å². The molecular formula is C17H18N4OS2. The predicted octanol–water partition coefficient (Wildman–Crippen LogP) is 4.27. The number of aryl methyl sites for hydroxylation is 3. The number of aromatic nitrogens is 3. The van der Waals surface area contributed by atoms with Gasteiger partial charge in [-0.25, -0.2) is 4.98 Å². The third-order valence-corrected chi connectivity index (χ3v) is 6.26. The fourth-order valence-electron chi connectivity index (χ4n) is 3.17. The SMILES string of the molecule is Cc1ccc(-c2nc(NC(=O)C3CCCc4[nH]ncc43)sc2C)s1. The third kappa shape index (κ3) is 2.78. The van der Waals surface area contributed by atoms with Crippen LogP contribution >= 0.6 is 22.7 Å². The van der Waals surface area contributed by atoms with Crippen LogP contribution in [0.1, 0.15) is 39.8 Å². The molecule has 1 amide bonds. The maximum atomic E-state index is 12.7. The lowest BCUT2D eigenvalue weighted by molar-refractivity contribution is -0.117. The van der Waals surface area contributed by atoms with Gasteiger partial charge in [0.2, 0.25) is 5.91 Å². The number of nitrogens with one attached hydrogen (secondary N) is 2. The van der Waals surface area contributed by atoms with E-state index in [9.17, 15) is 4.79 Å². The molecule has 24 heavy (non-hydrogen) atoms. The number of fused-ring (bicyclic) bond motifs is 1. The zero-order valence-corrected chi connectivity index (χ0v) is 15.2. The summed E-state index contributed by atoms with van der Waals surface area (Å²) in [6, 6.07) is 4.19. The fraction of sp³-hybridized carbons (Fsp3) is 0.353. The molecule has 0 fully saturated rings. The molecule has 0 saturated heterocycles. The zero-order chi connectivity index (χ0) is 16.7. The molecular weight excluding hydrogens is 340 g/mol. The summed E-state index contributed by atoms with van der Waals surface area (Å²) in [5.74, 6) is -0.121. The summed E-state index contributed by atoms with van der Waals surface area (Å²) >= 11 is 3.26. The molecule has 0 spiro atoms. The van der Waals surface area contributed by atoms with Gasteiger partial charge in [0, 0.05) is 21.0 Å². The van der Waals surface area contributed by atoms with Gasteiger partial charge >= 0.3 is 0 Å². The molecule has 1 aliphatic rings.